The van der Waals surface area contributed by atoms with Gasteiger partial charge < -0.3 is 4.42 Å². The van der Waals surface area contributed by atoms with Gasteiger partial charge >= 0.3 is 0 Å². The number of furan rings is 1. The second-order valence-corrected chi connectivity index (χ2v) is 11.6. The first kappa shape index (κ1) is 25.4. The summed E-state index contributed by atoms with van der Waals surface area (Å²) in [6.45, 7) is 4.49. The van der Waals surface area contributed by atoms with E-state index in [1.165, 1.54) is 5.56 Å². The zero-order valence-corrected chi connectivity index (χ0v) is 23.8. The van der Waals surface area contributed by atoms with E-state index < -0.39 is 6.17 Å². The lowest BCUT2D eigenvalue weighted by Gasteiger charge is -2.41. The van der Waals surface area contributed by atoms with Gasteiger partial charge in [0.15, 0.2) is 6.17 Å². The Bertz CT molecular complexity index is 2150. The fourth-order valence-corrected chi connectivity index (χ4v) is 6.60. The molecular formula is C38H28FN3O. The van der Waals surface area contributed by atoms with Gasteiger partial charge in [0.25, 0.3) is 0 Å². The molecule has 0 spiro atoms. The zero-order chi connectivity index (χ0) is 29.1. The first-order valence-electron chi connectivity index (χ1n) is 14.5. The minimum absolute atomic E-state index is 0.353. The molecule has 0 bridgehead atoms. The van der Waals surface area contributed by atoms with Crippen molar-refractivity contribution in [2.75, 3.05) is 4.90 Å². The molecule has 1 aliphatic rings. The largest absolute Gasteiger partial charge is 0.456 e. The van der Waals surface area contributed by atoms with Crippen LogP contribution in [0.3, 0.4) is 0 Å². The summed E-state index contributed by atoms with van der Waals surface area (Å²) in [7, 11) is 0. The van der Waals surface area contributed by atoms with Crippen LogP contribution in [0.4, 0.5) is 21.6 Å². The van der Waals surface area contributed by atoms with Crippen LogP contribution in [0.5, 0.6) is 0 Å². The van der Waals surface area contributed by atoms with E-state index in [9.17, 15) is 0 Å². The van der Waals surface area contributed by atoms with Crippen LogP contribution in [0.1, 0.15) is 42.3 Å². The smallest absolute Gasteiger partial charge is 0.150 e. The third-order valence-corrected chi connectivity index (χ3v) is 8.62. The maximum absolute atomic E-state index is 16.3. The number of benzene rings is 4. The van der Waals surface area contributed by atoms with Crippen LogP contribution >= 0.6 is 0 Å². The molecule has 1 unspecified atom stereocenters. The molecular weight excluding hydrogens is 533 g/mol. The number of hydrogen-bond donors (Lipinski definition) is 0. The van der Waals surface area contributed by atoms with Crippen molar-refractivity contribution in [3.05, 3.63) is 150 Å². The number of halogens is 1. The van der Waals surface area contributed by atoms with Gasteiger partial charge in [-0.3, -0.25) is 9.88 Å². The number of nitrogens with zero attached hydrogens (tertiary/aromatic N) is 3. The van der Waals surface area contributed by atoms with Gasteiger partial charge in [-0.2, -0.15) is 0 Å². The molecule has 8 rings (SSSR count). The molecule has 4 heterocycles. The second-order valence-electron chi connectivity index (χ2n) is 11.6. The Labute approximate surface area is 249 Å². The number of hydrogen-bond acceptors (Lipinski definition) is 4. The molecule has 0 fully saturated rings. The normalized spacial score (nSPS) is 14.4. The zero-order valence-electron chi connectivity index (χ0n) is 23.8. The molecule has 4 aromatic carbocycles. The third kappa shape index (κ3) is 3.96. The van der Waals surface area contributed by atoms with Crippen LogP contribution in [0, 0.1) is 0 Å². The quantitative estimate of drug-likeness (QED) is 0.214. The SMILES string of the molecule is CC1(C)c2cccnc2N(c2cccc(C(F)c3cccc(-c4ccccn4)c3)c2)c2ccc3oc4ccccc4c3c21. The van der Waals surface area contributed by atoms with Gasteiger partial charge in [-0.25, -0.2) is 9.37 Å². The summed E-state index contributed by atoms with van der Waals surface area (Å²) >= 11 is 0. The Morgan fingerprint density at radius 3 is 2.37 bits per heavy atom. The van der Waals surface area contributed by atoms with Crippen LogP contribution in [-0.4, -0.2) is 9.97 Å². The van der Waals surface area contributed by atoms with Crippen LogP contribution in [0.15, 0.2) is 132 Å². The van der Waals surface area contributed by atoms with Crippen molar-refractivity contribution < 1.29 is 8.81 Å². The molecule has 1 aliphatic heterocycles. The number of rotatable bonds is 4. The van der Waals surface area contributed by atoms with Gasteiger partial charge in [-0.05, 0) is 71.3 Å². The number of alkyl halides is 1. The Kier molecular flexibility index (Phi) is 5.70. The molecule has 0 saturated carbocycles. The molecule has 7 aromatic rings. The van der Waals surface area contributed by atoms with Crippen molar-refractivity contribution in [1.82, 2.24) is 9.97 Å². The summed E-state index contributed by atoms with van der Waals surface area (Å²) in [5.41, 5.74) is 8.37. The maximum Gasteiger partial charge on any atom is 0.150 e. The third-order valence-electron chi connectivity index (χ3n) is 8.62. The molecule has 43 heavy (non-hydrogen) atoms. The number of anilines is 3. The van der Waals surface area contributed by atoms with Crippen LogP contribution in [0.2, 0.25) is 0 Å². The highest BCUT2D eigenvalue weighted by atomic mass is 19.1. The summed E-state index contributed by atoms with van der Waals surface area (Å²) in [6.07, 6.45) is 2.26. The minimum atomic E-state index is -1.31. The molecule has 0 N–H and O–H groups in total. The van der Waals surface area contributed by atoms with E-state index in [0.717, 1.165) is 56.0 Å². The predicted molar refractivity (Wildman–Crippen MR) is 171 cm³/mol. The van der Waals surface area contributed by atoms with Gasteiger partial charge in [0.05, 0.1) is 11.4 Å². The number of aromatic nitrogens is 2. The lowest BCUT2D eigenvalue weighted by molar-refractivity contribution is 0.402. The van der Waals surface area contributed by atoms with Crippen LogP contribution in [0.25, 0.3) is 33.2 Å². The number of fused-ring (bicyclic) bond motifs is 6. The molecule has 4 nitrogen and oxygen atoms in total. The van der Waals surface area contributed by atoms with Crippen LogP contribution in [-0.2, 0) is 5.41 Å². The molecule has 0 saturated heterocycles. The van der Waals surface area contributed by atoms with Gasteiger partial charge in [-0.15, -0.1) is 0 Å². The minimum Gasteiger partial charge on any atom is -0.456 e. The molecule has 3 aromatic heterocycles. The highest BCUT2D eigenvalue weighted by Crippen LogP contribution is 2.54. The van der Waals surface area contributed by atoms with Crippen molar-refractivity contribution in [2.45, 2.75) is 25.4 Å². The molecule has 0 amide bonds. The second kappa shape index (κ2) is 9.63. The van der Waals surface area contributed by atoms with E-state index in [1.807, 2.05) is 103 Å². The first-order valence-corrected chi connectivity index (χ1v) is 14.5. The van der Waals surface area contributed by atoms with Gasteiger partial charge in [-0.1, -0.05) is 74.5 Å². The van der Waals surface area contributed by atoms with Gasteiger partial charge in [0.1, 0.15) is 17.0 Å². The maximum atomic E-state index is 16.3. The summed E-state index contributed by atoms with van der Waals surface area (Å²) < 4.78 is 22.6. The fraction of sp³-hybridized carbons (Fsp3) is 0.105. The average molecular weight is 562 g/mol. The number of para-hydroxylation sites is 1. The average Bonchev–Trinajstić information content (AvgIpc) is 3.44. The Morgan fingerprint density at radius 1 is 0.721 bits per heavy atom. The summed E-state index contributed by atoms with van der Waals surface area (Å²) in [5, 5.41) is 2.18. The van der Waals surface area contributed by atoms with E-state index in [1.54, 1.807) is 6.20 Å². The highest BCUT2D eigenvalue weighted by Gasteiger charge is 2.40. The fourth-order valence-electron chi connectivity index (χ4n) is 6.60. The Balaban J connectivity index is 1.29. The first-order chi connectivity index (χ1) is 21.0. The Hall–Kier alpha value is -5.29. The Morgan fingerprint density at radius 2 is 1.51 bits per heavy atom. The molecule has 1 atom stereocenters. The lowest BCUT2D eigenvalue weighted by Crippen LogP contribution is -2.31. The standard InChI is InChI=1S/C38H28FN3O/c1-38(2)29-15-9-21-41-37(29)42(31-18-19-33-34(35(31)38)28-14-3-4-17-32(28)43-33)27-13-8-12-26(23-27)36(39)25-11-7-10-24(22-25)30-16-5-6-20-40-30/h3-23,36H,1-2H3. The van der Waals surface area contributed by atoms with E-state index in [4.69, 9.17) is 9.40 Å². The molecule has 0 aliphatic carbocycles. The van der Waals surface area contributed by atoms with E-state index in [2.05, 4.69) is 41.9 Å². The van der Waals surface area contributed by atoms with E-state index in [0.29, 0.717) is 11.1 Å². The summed E-state index contributed by atoms with van der Waals surface area (Å²) in [6, 6.07) is 37.5. The van der Waals surface area contributed by atoms with Crippen molar-refractivity contribution in [2.24, 2.45) is 0 Å². The van der Waals surface area contributed by atoms with Crippen molar-refractivity contribution in [3.63, 3.8) is 0 Å². The van der Waals surface area contributed by atoms with Crippen molar-refractivity contribution in [3.8, 4) is 11.3 Å². The summed E-state index contributed by atoms with van der Waals surface area (Å²) in [5.74, 6) is 0.844. The van der Waals surface area contributed by atoms with Crippen LogP contribution < -0.4 is 4.90 Å². The molecule has 0 radical (unpaired) electrons. The van der Waals surface area contributed by atoms with Gasteiger partial charge in [0, 0.05) is 45.4 Å². The van der Waals surface area contributed by atoms with Gasteiger partial charge in [0.2, 0.25) is 0 Å². The predicted octanol–water partition coefficient (Wildman–Crippen LogP) is 10.2. The number of pyridine rings is 2. The highest BCUT2D eigenvalue weighted by molar-refractivity contribution is 6.10. The van der Waals surface area contributed by atoms with Crippen molar-refractivity contribution >= 4 is 39.1 Å². The van der Waals surface area contributed by atoms with E-state index in [-0.39, 0.29) is 5.41 Å². The lowest BCUT2D eigenvalue weighted by atomic mass is 9.73. The van der Waals surface area contributed by atoms with E-state index >= 15 is 4.39 Å². The van der Waals surface area contributed by atoms with Crippen molar-refractivity contribution in [1.29, 1.82) is 0 Å². The molecule has 208 valence electrons. The monoisotopic (exact) mass is 561 g/mol. The summed E-state index contributed by atoms with van der Waals surface area (Å²) in [4.78, 5) is 11.5. The molecule has 5 heteroatoms. The topological polar surface area (TPSA) is 42.2 Å².